The van der Waals surface area contributed by atoms with Gasteiger partial charge in [-0.15, -0.1) is 0 Å². The second kappa shape index (κ2) is 6.00. The third kappa shape index (κ3) is 3.45. The van der Waals surface area contributed by atoms with Crippen LogP contribution in [0.3, 0.4) is 0 Å². The fourth-order valence-corrected chi connectivity index (χ4v) is 1.79. The number of anilines is 2. The van der Waals surface area contributed by atoms with Crippen LogP contribution in [0.1, 0.15) is 11.1 Å². The second-order valence-electron chi connectivity index (χ2n) is 4.20. The fraction of sp³-hybridized carbons (Fsp3) is 0.286. The molecule has 1 heterocycles. The summed E-state index contributed by atoms with van der Waals surface area (Å²) in [5.41, 5.74) is 2.64. The van der Waals surface area contributed by atoms with Crippen LogP contribution in [-0.2, 0) is 6.42 Å². The van der Waals surface area contributed by atoms with Crippen LogP contribution in [0.5, 0.6) is 0 Å². The van der Waals surface area contributed by atoms with Crippen molar-refractivity contribution in [3.63, 3.8) is 0 Å². The Kier molecular flexibility index (Phi) is 4.12. The molecule has 0 unspecified atom stereocenters. The first-order chi connectivity index (χ1) is 8.78. The molecule has 0 aliphatic carbocycles. The van der Waals surface area contributed by atoms with Crippen LogP contribution in [0, 0.1) is 6.92 Å². The van der Waals surface area contributed by atoms with Gasteiger partial charge in [0, 0.05) is 19.7 Å². The van der Waals surface area contributed by atoms with Gasteiger partial charge in [0.2, 0.25) is 0 Å². The van der Waals surface area contributed by atoms with E-state index in [2.05, 4.69) is 51.8 Å². The van der Waals surface area contributed by atoms with E-state index < -0.39 is 0 Å². The molecule has 0 amide bonds. The highest BCUT2D eigenvalue weighted by molar-refractivity contribution is 5.45. The number of nitrogens with one attached hydrogen (secondary N) is 2. The minimum Gasteiger partial charge on any atom is -0.373 e. The zero-order chi connectivity index (χ0) is 12.8. The van der Waals surface area contributed by atoms with Crippen molar-refractivity contribution in [2.24, 2.45) is 0 Å². The average Bonchev–Trinajstić information content (AvgIpc) is 2.39. The minimum atomic E-state index is 0.822. The highest BCUT2D eigenvalue weighted by Crippen LogP contribution is 2.08. The van der Waals surface area contributed by atoms with E-state index in [1.165, 1.54) is 11.1 Å². The monoisotopic (exact) mass is 242 g/mol. The Hall–Kier alpha value is -2.10. The molecule has 0 bridgehead atoms. The smallest absolute Gasteiger partial charge is 0.131 e. The molecule has 0 atom stereocenters. The second-order valence-corrected chi connectivity index (χ2v) is 4.20. The molecule has 4 heteroatoms. The van der Waals surface area contributed by atoms with E-state index >= 15 is 0 Å². The third-order valence-electron chi connectivity index (χ3n) is 2.73. The van der Waals surface area contributed by atoms with Crippen molar-refractivity contribution in [3.8, 4) is 0 Å². The molecule has 0 spiro atoms. The first kappa shape index (κ1) is 12.4. The summed E-state index contributed by atoms with van der Waals surface area (Å²) in [4.78, 5) is 8.25. The van der Waals surface area contributed by atoms with Gasteiger partial charge in [0.1, 0.15) is 18.0 Å². The number of aryl methyl sites for hydroxylation is 1. The van der Waals surface area contributed by atoms with E-state index in [4.69, 9.17) is 0 Å². The van der Waals surface area contributed by atoms with Gasteiger partial charge in [-0.1, -0.05) is 29.8 Å². The summed E-state index contributed by atoms with van der Waals surface area (Å²) in [5.74, 6) is 1.67. The van der Waals surface area contributed by atoms with E-state index in [0.29, 0.717) is 0 Å². The standard InChI is InChI=1S/C14H18N4/c1-11-4-3-5-12(8-11)6-7-16-14-9-13(15-2)17-10-18-14/h3-5,8-10H,6-7H2,1-2H3,(H2,15,16,17,18). The molecular weight excluding hydrogens is 224 g/mol. The van der Waals surface area contributed by atoms with Crippen molar-refractivity contribution >= 4 is 11.6 Å². The summed E-state index contributed by atoms with van der Waals surface area (Å²) < 4.78 is 0. The molecule has 1 aromatic carbocycles. The molecule has 94 valence electrons. The summed E-state index contributed by atoms with van der Waals surface area (Å²) in [6, 6.07) is 10.5. The van der Waals surface area contributed by atoms with Crippen LogP contribution < -0.4 is 10.6 Å². The van der Waals surface area contributed by atoms with E-state index in [1.807, 2.05) is 13.1 Å². The Balaban J connectivity index is 1.88. The van der Waals surface area contributed by atoms with E-state index in [-0.39, 0.29) is 0 Å². The maximum atomic E-state index is 4.17. The van der Waals surface area contributed by atoms with Crippen LogP contribution >= 0.6 is 0 Å². The lowest BCUT2D eigenvalue weighted by Crippen LogP contribution is -2.07. The lowest BCUT2D eigenvalue weighted by Gasteiger charge is -2.07. The Bertz CT molecular complexity index is 511. The quantitative estimate of drug-likeness (QED) is 0.845. The lowest BCUT2D eigenvalue weighted by atomic mass is 10.1. The highest BCUT2D eigenvalue weighted by atomic mass is 15.0. The number of benzene rings is 1. The normalized spacial score (nSPS) is 10.1. The molecule has 2 N–H and O–H groups in total. The van der Waals surface area contributed by atoms with Crippen LogP contribution in [0.4, 0.5) is 11.6 Å². The van der Waals surface area contributed by atoms with E-state index in [1.54, 1.807) is 6.33 Å². The van der Waals surface area contributed by atoms with Gasteiger partial charge in [0.05, 0.1) is 0 Å². The maximum absolute atomic E-state index is 4.17. The lowest BCUT2D eigenvalue weighted by molar-refractivity contribution is 0.997. The number of hydrogen-bond donors (Lipinski definition) is 2. The van der Waals surface area contributed by atoms with Crippen molar-refractivity contribution in [1.82, 2.24) is 9.97 Å². The fourth-order valence-electron chi connectivity index (χ4n) is 1.79. The number of aromatic nitrogens is 2. The van der Waals surface area contributed by atoms with Crippen molar-refractivity contribution in [1.29, 1.82) is 0 Å². The molecule has 0 saturated heterocycles. The molecule has 2 aromatic rings. The Morgan fingerprint density at radius 3 is 2.72 bits per heavy atom. The molecule has 2 rings (SSSR count). The average molecular weight is 242 g/mol. The minimum absolute atomic E-state index is 0.822. The SMILES string of the molecule is CNc1cc(NCCc2cccc(C)c2)ncn1. The number of hydrogen-bond acceptors (Lipinski definition) is 4. The molecule has 4 nitrogen and oxygen atoms in total. The molecule has 0 radical (unpaired) electrons. The van der Waals surface area contributed by atoms with Crippen molar-refractivity contribution in [3.05, 3.63) is 47.8 Å². The maximum Gasteiger partial charge on any atom is 0.131 e. The van der Waals surface area contributed by atoms with Crippen LogP contribution in [-0.4, -0.2) is 23.6 Å². The van der Waals surface area contributed by atoms with Gasteiger partial charge >= 0.3 is 0 Å². The van der Waals surface area contributed by atoms with Crippen LogP contribution in [0.25, 0.3) is 0 Å². The summed E-state index contributed by atoms with van der Waals surface area (Å²) in [6.07, 6.45) is 2.54. The largest absolute Gasteiger partial charge is 0.373 e. The Morgan fingerprint density at radius 1 is 1.11 bits per heavy atom. The summed E-state index contributed by atoms with van der Waals surface area (Å²) in [5, 5.41) is 6.29. The zero-order valence-corrected chi connectivity index (χ0v) is 10.8. The molecule has 1 aromatic heterocycles. The van der Waals surface area contributed by atoms with Crippen LogP contribution in [0.15, 0.2) is 36.7 Å². The van der Waals surface area contributed by atoms with Crippen molar-refractivity contribution < 1.29 is 0 Å². The summed E-state index contributed by atoms with van der Waals surface area (Å²) in [7, 11) is 1.85. The molecule has 0 aliphatic rings. The highest BCUT2D eigenvalue weighted by Gasteiger charge is 1.97. The van der Waals surface area contributed by atoms with Gasteiger partial charge < -0.3 is 10.6 Å². The Morgan fingerprint density at radius 2 is 1.94 bits per heavy atom. The predicted octanol–water partition coefficient (Wildman–Crippen LogP) is 2.48. The van der Waals surface area contributed by atoms with Crippen LogP contribution in [0.2, 0.25) is 0 Å². The zero-order valence-electron chi connectivity index (χ0n) is 10.8. The summed E-state index contributed by atoms with van der Waals surface area (Å²) >= 11 is 0. The Labute approximate surface area is 107 Å². The van der Waals surface area contributed by atoms with Gasteiger partial charge in [-0.2, -0.15) is 0 Å². The first-order valence-electron chi connectivity index (χ1n) is 6.07. The number of nitrogens with zero attached hydrogens (tertiary/aromatic N) is 2. The van der Waals surface area contributed by atoms with Gasteiger partial charge in [0.25, 0.3) is 0 Å². The van der Waals surface area contributed by atoms with Gasteiger partial charge in [-0.25, -0.2) is 9.97 Å². The van der Waals surface area contributed by atoms with E-state index in [0.717, 1.165) is 24.6 Å². The van der Waals surface area contributed by atoms with Gasteiger partial charge in [-0.05, 0) is 18.9 Å². The predicted molar refractivity (Wildman–Crippen MR) is 75.0 cm³/mol. The van der Waals surface area contributed by atoms with Crippen molar-refractivity contribution in [2.45, 2.75) is 13.3 Å². The molecule has 0 fully saturated rings. The van der Waals surface area contributed by atoms with Gasteiger partial charge in [0.15, 0.2) is 0 Å². The summed E-state index contributed by atoms with van der Waals surface area (Å²) in [6.45, 7) is 2.98. The molecule has 18 heavy (non-hydrogen) atoms. The number of rotatable bonds is 5. The first-order valence-corrected chi connectivity index (χ1v) is 6.07. The molecule has 0 aliphatic heterocycles. The van der Waals surface area contributed by atoms with E-state index in [9.17, 15) is 0 Å². The molecule has 0 saturated carbocycles. The van der Waals surface area contributed by atoms with Gasteiger partial charge in [-0.3, -0.25) is 0 Å². The topological polar surface area (TPSA) is 49.8 Å². The molecular formula is C14H18N4. The van der Waals surface area contributed by atoms with Crippen molar-refractivity contribution in [2.75, 3.05) is 24.2 Å². The third-order valence-corrected chi connectivity index (χ3v) is 2.73.